The van der Waals surface area contributed by atoms with Gasteiger partial charge >= 0.3 is 5.69 Å². The molecule has 0 aliphatic carbocycles. The second-order valence-corrected chi connectivity index (χ2v) is 4.08. The highest BCUT2D eigenvalue weighted by atomic mass is 19.1. The fourth-order valence-electron chi connectivity index (χ4n) is 1.71. The van der Waals surface area contributed by atoms with Gasteiger partial charge < -0.3 is 5.32 Å². The maximum Gasteiger partial charge on any atom is 0.304 e. The van der Waals surface area contributed by atoms with Crippen LogP contribution in [-0.2, 0) is 0 Å². The summed E-state index contributed by atoms with van der Waals surface area (Å²) in [6.45, 7) is 1.90. The first-order chi connectivity index (χ1) is 9.08. The molecule has 2 aromatic rings. The number of hydrogen-bond acceptors (Lipinski definition) is 4. The summed E-state index contributed by atoms with van der Waals surface area (Å²) in [6.07, 6.45) is 3.38. The molecule has 0 aliphatic rings. The lowest BCUT2D eigenvalue weighted by molar-refractivity contribution is -0.387. The van der Waals surface area contributed by atoms with Crippen LogP contribution in [0.5, 0.6) is 0 Å². The average Bonchev–Trinajstić information content (AvgIpc) is 2.39. The third-order valence-electron chi connectivity index (χ3n) is 2.71. The van der Waals surface area contributed by atoms with Gasteiger partial charge in [0.2, 0.25) is 5.82 Å². The molecule has 19 heavy (non-hydrogen) atoms. The summed E-state index contributed by atoms with van der Waals surface area (Å²) in [7, 11) is 0. The standard InChI is InChI=1S/C13H12FN3O2/c1-9(10-3-2-6-15-8-10)16-11-4-5-13(17(18)19)12(14)7-11/h2-9,16H,1H3. The highest BCUT2D eigenvalue weighted by Crippen LogP contribution is 2.24. The quantitative estimate of drug-likeness (QED) is 0.677. The van der Waals surface area contributed by atoms with Crippen molar-refractivity contribution in [2.24, 2.45) is 0 Å². The van der Waals surface area contributed by atoms with Crippen LogP contribution in [0.4, 0.5) is 15.8 Å². The van der Waals surface area contributed by atoms with E-state index in [0.717, 1.165) is 17.7 Å². The molecule has 0 saturated carbocycles. The zero-order valence-corrected chi connectivity index (χ0v) is 10.2. The minimum atomic E-state index is -0.853. The molecule has 1 heterocycles. The Morgan fingerprint density at radius 3 is 2.79 bits per heavy atom. The largest absolute Gasteiger partial charge is 0.378 e. The van der Waals surface area contributed by atoms with Gasteiger partial charge in [0.05, 0.1) is 11.0 Å². The minimum absolute atomic E-state index is 0.0745. The van der Waals surface area contributed by atoms with Crippen molar-refractivity contribution >= 4 is 11.4 Å². The predicted octanol–water partition coefficient (Wildman–Crippen LogP) is 3.30. The normalized spacial score (nSPS) is 11.9. The summed E-state index contributed by atoms with van der Waals surface area (Å²) in [5.74, 6) is -0.853. The highest BCUT2D eigenvalue weighted by molar-refractivity contribution is 5.50. The van der Waals surface area contributed by atoms with Crippen LogP contribution in [0.25, 0.3) is 0 Å². The Kier molecular flexibility index (Phi) is 3.70. The average molecular weight is 261 g/mol. The lowest BCUT2D eigenvalue weighted by Gasteiger charge is -2.15. The van der Waals surface area contributed by atoms with Crippen LogP contribution in [-0.4, -0.2) is 9.91 Å². The Morgan fingerprint density at radius 1 is 1.42 bits per heavy atom. The smallest absolute Gasteiger partial charge is 0.304 e. The molecule has 5 nitrogen and oxygen atoms in total. The van der Waals surface area contributed by atoms with Gasteiger partial charge in [-0.15, -0.1) is 0 Å². The van der Waals surface area contributed by atoms with Crippen molar-refractivity contribution in [3.8, 4) is 0 Å². The van der Waals surface area contributed by atoms with Gasteiger partial charge in [0.15, 0.2) is 0 Å². The molecule has 0 amide bonds. The van der Waals surface area contributed by atoms with E-state index in [2.05, 4.69) is 10.3 Å². The van der Waals surface area contributed by atoms with E-state index in [1.807, 2.05) is 19.1 Å². The zero-order chi connectivity index (χ0) is 13.8. The van der Waals surface area contributed by atoms with Crippen LogP contribution in [0.1, 0.15) is 18.5 Å². The van der Waals surface area contributed by atoms with E-state index in [0.29, 0.717) is 5.69 Å². The van der Waals surface area contributed by atoms with Crippen molar-refractivity contribution in [2.45, 2.75) is 13.0 Å². The summed E-state index contributed by atoms with van der Waals surface area (Å²) in [6, 6.07) is 7.37. The molecule has 0 fully saturated rings. The number of halogens is 1. The van der Waals surface area contributed by atoms with Crippen molar-refractivity contribution in [3.05, 3.63) is 64.2 Å². The summed E-state index contributed by atoms with van der Waals surface area (Å²) in [4.78, 5) is 13.8. The van der Waals surface area contributed by atoms with Gasteiger partial charge in [-0.2, -0.15) is 4.39 Å². The topological polar surface area (TPSA) is 68.1 Å². The predicted molar refractivity (Wildman–Crippen MR) is 69.3 cm³/mol. The first-order valence-corrected chi connectivity index (χ1v) is 5.68. The Morgan fingerprint density at radius 2 is 2.21 bits per heavy atom. The molecule has 1 N–H and O–H groups in total. The van der Waals surface area contributed by atoms with Crippen molar-refractivity contribution in [3.63, 3.8) is 0 Å². The number of pyridine rings is 1. The summed E-state index contributed by atoms with van der Waals surface area (Å²) in [5.41, 5.74) is 0.903. The van der Waals surface area contributed by atoms with E-state index < -0.39 is 16.4 Å². The Hall–Kier alpha value is -2.50. The van der Waals surface area contributed by atoms with Gasteiger partial charge in [-0.1, -0.05) is 6.07 Å². The second-order valence-electron chi connectivity index (χ2n) is 4.08. The van der Waals surface area contributed by atoms with Gasteiger partial charge in [0, 0.05) is 30.2 Å². The lowest BCUT2D eigenvalue weighted by Crippen LogP contribution is -2.07. The molecule has 6 heteroatoms. The number of nitro groups is 1. The summed E-state index contributed by atoms with van der Waals surface area (Å²) in [5, 5.41) is 13.6. The molecular formula is C13H12FN3O2. The maximum atomic E-state index is 13.5. The molecule has 1 atom stereocenters. The van der Waals surface area contributed by atoms with Gasteiger partial charge in [-0.05, 0) is 24.6 Å². The van der Waals surface area contributed by atoms with Crippen LogP contribution in [0.15, 0.2) is 42.7 Å². The van der Waals surface area contributed by atoms with Crippen molar-refractivity contribution < 1.29 is 9.31 Å². The van der Waals surface area contributed by atoms with Crippen LogP contribution in [0.3, 0.4) is 0 Å². The van der Waals surface area contributed by atoms with Crippen molar-refractivity contribution in [1.82, 2.24) is 4.98 Å². The third-order valence-corrected chi connectivity index (χ3v) is 2.71. The van der Waals surface area contributed by atoms with Gasteiger partial charge in [-0.3, -0.25) is 15.1 Å². The number of nitrogens with one attached hydrogen (secondary N) is 1. The highest BCUT2D eigenvalue weighted by Gasteiger charge is 2.14. The van der Waals surface area contributed by atoms with Crippen molar-refractivity contribution in [2.75, 3.05) is 5.32 Å². The zero-order valence-electron chi connectivity index (χ0n) is 10.2. The number of benzene rings is 1. The maximum absolute atomic E-state index is 13.5. The second kappa shape index (κ2) is 5.43. The lowest BCUT2D eigenvalue weighted by atomic mass is 10.1. The monoisotopic (exact) mass is 261 g/mol. The fraction of sp³-hybridized carbons (Fsp3) is 0.154. The van der Waals surface area contributed by atoms with Crippen LogP contribution >= 0.6 is 0 Å². The number of nitro benzene ring substituents is 1. The molecule has 1 aromatic carbocycles. The third kappa shape index (κ3) is 3.04. The van der Waals surface area contributed by atoms with Crippen LogP contribution < -0.4 is 5.32 Å². The SMILES string of the molecule is CC(Nc1ccc([N+](=O)[O-])c(F)c1)c1cccnc1. The molecule has 0 bridgehead atoms. The number of aromatic nitrogens is 1. The molecular weight excluding hydrogens is 249 g/mol. The first kappa shape index (κ1) is 12.9. The Labute approximate surface area is 109 Å². The van der Waals surface area contributed by atoms with E-state index in [-0.39, 0.29) is 6.04 Å². The van der Waals surface area contributed by atoms with Gasteiger partial charge in [0.25, 0.3) is 0 Å². The minimum Gasteiger partial charge on any atom is -0.378 e. The fourth-order valence-corrected chi connectivity index (χ4v) is 1.71. The van der Waals surface area contributed by atoms with E-state index in [1.54, 1.807) is 12.4 Å². The number of nitrogens with zero attached hydrogens (tertiary/aromatic N) is 2. The molecule has 0 radical (unpaired) electrons. The van der Waals surface area contributed by atoms with E-state index in [9.17, 15) is 14.5 Å². The summed E-state index contributed by atoms with van der Waals surface area (Å²) < 4.78 is 13.5. The van der Waals surface area contributed by atoms with Gasteiger partial charge in [0.1, 0.15) is 0 Å². The van der Waals surface area contributed by atoms with E-state index >= 15 is 0 Å². The Bertz CT molecular complexity index is 590. The molecule has 1 aromatic heterocycles. The molecule has 2 rings (SSSR count). The molecule has 0 spiro atoms. The molecule has 0 aliphatic heterocycles. The number of rotatable bonds is 4. The van der Waals surface area contributed by atoms with E-state index in [1.165, 1.54) is 6.07 Å². The van der Waals surface area contributed by atoms with Crippen molar-refractivity contribution in [1.29, 1.82) is 0 Å². The van der Waals surface area contributed by atoms with Gasteiger partial charge in [-0.25, -0.2) is 0 Å². The first-order valence-electron chi connectivity index (χ1n) is 5.68. The van der Waals surface area contributed by atoms with Crippen LogP contribution in [0, 0.1) is 15.9 Å². The molecule has 1 unspecified atom stereocenters. The molecule has 0 saturated heterocycles. The Balaban J connectivity index is 2.16. The number of hydrogen-bond donors (Lipinski definition) is 1. The van der Waals surface area contributed by atoms with E-state index in [4.69, 9.17) is 0 Å². The molecule has 98 valence electrons. The summed E-state index contributed by atoms with van der Waals surface area (Å²) >= 11 is 0. The number of anilines is 1. The van der Waals surface area contributed by atoms with Crippen LogP contribution in [0.2, 0.25) is 0 Å².